The average molecular weight is 399 g/mol. The molecule has 0 spiro atoms. The number of nitrogens with zero attached hydrogens (tertiary/aromatic N) is 4. The second kappa shape index (κ2) is 8.53. The number of hydrogen-bond acceptors (Lipinski definition) is 4. The van der Waals surface area contributed by atoms with E-state index in [1.807, 2.05) is 30.5 Å². The first-order valence-electron chi connectivity index (χ1n) is 9.25. The molecule has 0 saturated carbocycles. The highest BCUT2D eigenvalue weighted by Crippen LogP contribution is 2.13. The average Bonchev–Trinajstić information content (AvgIpc) is 3.36. The van der Waals surface area contributed by atoms with Crippen LogP contribution >= 0.6 is 12.2 Å². The first-order chi connectivity index (χ1) is 13.7. The van der Waals surface area contributed by atoms with Gasteiger partial charge in [-0.25, -0.2) is 4.39 Å². The summed E-state index contributed by atoms with van der Waals surface area (Å²) in [5, 5.41) is 8.30. The fourth-order valence-electron chi connectivity index (χ4n) is 3.24. The van der Waals surface area contributed by atoms with Crippen molar-refractivity contribution in [1.82, 2.24) is 19.6 Å². The minimum absolute atomic E-state index is 0.226. The second-order valence-corrected chi connectivity index (χ2v) is 7.15. The minimum atomic E-state index is -0.226. The molecule has 1 fully saturated rings. The molecule has 2 aromatic heterocycles. The third-order valence-electron chi connectivity index (χ3n) is 4.78. The highest BCUT2D eigenvalue weighted by molar-refractivity contribution is 7.80. The van der Waals surface area contributed by atoms with Crippen molar-refractivity contribution in [3.63, 3.8) is 0 Å². The Morgan fingerprint density at radius 1 is 1.07 bits per heavy atom. The van der Waals surface area contributed by atoms with E-state index in [4.69, 9.17) is 16.6 Å². The molecule has 0 unspecified atom stereocenters. The van der Waals surface area contributed by atoms with Crippen molar-refractivity contribution in [2.75, 3.05) is 31.5 Å². The zero-order valence-corrected chi connectivity index (χ0v) is 16.2. The number of thiocarbonyl (C=S) groups is 1. The maximum absolute atomic E-state index is 13.8. The van der Waals surface area contributed by atoms with Crippen LogP contribution in [0.2, 0.25) is 0 Å². The van der Waals surface area contributed by atoms with Gasteiger partial charge in [-0.2, -0.15) is 5.10 Å². The van der Waals surface area contributed by atoms with Gasteiger partial charge >= 0.3 is 0 Å². The van der Waals surface area contributed by atoms with Crippen LogP contribution in [0.25, 0.3) is 0 Å². The number of halogens is 1. The van der Waals surface area contributed by atoms with Crippen LogP contribution in [0.3, 0.4) is 0 Å². The molecule has 3 heterocycles. The van der Waals surface area contributed by atoms with Gasteiger partial charge in [-0.3, -0.25) is 9.58 Å². The minimum Gasteiger partial charge on any atom is -0.468 e. The SMILES string of the molecule is Fc1ccccc1Cn1ccc(NC(=S)N2CCN(Cc3ccco3)CC2)n1. The van der Waals surface area contributed by atoms with E-state index < -0.39 is 0 Å². The van der Waals surface area contributed by atoms with Gasteiger partial charge in [0, 0.05) is 44.0 Å². The fourth-order valence-corrected chi connectivity index (χ4v) is 3.53. The van der Waals surface area contributed by atoms with Crippen molar-refractivity contribution in [2.45, 2.75) is 13.1 Å². The monoisotopic (exact) mass is 399 g/mol. The first kappa shape index (κ1) is 18.6. The normalized spacial score (nSPS) is 15.0. The van der Waals surface area contributed by atoms with Crippen LogP contribution in [-0.2, 0) is 13.1 Å². The number of hydrogen-bond donors (Lipinski definition) is 1. The summed E-state index contributed by atoms with van der Waals surface area (Å²) < 4.78 is 20.9. The standard InChI is InChI=1S/C20H22FN5OS/c21-18-6-2-1-4-16(18)14-26-8-7-19(23-26)22-20(28)25-11-9-24(10-12-25)15-17-5-3-13-27-17/h1-8,13H,9-12,14-15H2,(H,22,23,28). The molecule has 1 aromatic carbocycles. The van der Waals surface area contributed by atoms with Crippen LogP contribution in [0.5, 0.6) is 0 Å². The Balaban J connectivity index is 1.27. The van der Waals surface area contributed by atoms with E-state index in [0.717, 1.165) is 38.5 Å². The Bertz CT molecular complexity index is 918. The van der Waals surface area contributed by atoms with Crippen LogP contribution in [0.4, 0.5) is 10.2 Å². The molecule has 4 rings (SSSR count). The molecule has 0 bridgehead atoms. The topological polar surface area (TPSA) is 49.5 Å². The Kier molecular flexibility index (Phi) is 5.68. The zero-order valence-electron chi connectivity index (χ0n) is 15.4. The molecule has 1 aliphatic rings. The van der Waals surface area contributed by atoms with Gasteiger partial charge in [0.1, 0.15) is 11.6 Å². The predicted molar refractivity (Wildman–Crippen MR) is 110 cm³/mol. The molecule has 0 radical (unpaired) electrons. The lowest BCUT2D eigenvalue weighted by molar-refractivity contribution is 0.166. The third kappa shape index (κ3) is 4.58. The number of furan rings is 1. The summed E-state index contributed by atoms with van der Waals surface area (Å²) >= 11 is 5.54. The Morgan fingerprint density at radius 2 is 1.89 bits per heavy atom. The highest BCUT2D eigenvalue weighted by atomic mass is 32.1. The number of nitrogens with one attached hydrogen (secondary N) is 1. The quantitative estimate of drug-likeness (QED) is 0.665. The number of aromatic nitrogens is 2. The van der Waals surface area contributed by atoms with Gasteiger partial charge in [0.15, 0.2) is 10.9 Å². The van der Waals surface area contributed by atoms with Crippen LogP contribution < -0.4 is 5.32 Å². The van der Waals surface area contributed by atoms with Gasteiger partial charge in [0.05, 0.1) is 19.4 Å². The van der Waals surface area contributed by atoms with Crippen LogP contribution in [0, 0.1) is 5.82 Å². The molecule has 0 amide bonds. The molecule has 1 saturated heterocycles. The maximum atomic E-state index is 13.8. The van der Waals surface area contributed by atoms with E-state index in [-0.39, 0.29) is 5.82 Å². The molecule has 1 aliphatic heterocycles. The molecular weight excluding hydrogens is 377 g/mol. The molecule has 6 nitrogen and oxygen atoms in total. The molecule has 146 valence electrons. The Morgan fingerprint density at radius 3 is 2.64 bits per heavy atom. The number of benzene rings is 1. The molecule has 0 aliphatic carbocycles. The van der Waals surface area contributed by atoms with E-state index >= 15 is 0 Å². The third-order valence-corrected chi connectivity index (χ3v) is 5.15. The molecule has 0 atom stereocenters. The molecule has 8 heteroatoms. The Labute approximate surface area is 168 Å². The summed E-state index contributed by atoms with van der Waals surface area (Å²) in [7, 11) is 0. The van der Waals surface area contributed by atoms with E-state index in [1.54, 1.807) is 23.1 Å². The van der Waals surface area contributed by atoms with Gasteiger partial charge < -0.3 is 14.6 Å². The largest absolute Gasteiger partial charge is 0.468 e. The summed E-state index contributed by atoms with van der Waals surface area (Å²) in [6.07, 6.45) is 3.52. The molecule has 1 N–H and O–H groups in total. The maximum Gasteiger partial charge on any atom is 0.174 e. The smallest absolute Gasteiger partial charge is 0.174 e. The van der Waals surface area contributed by atoms with Crippen molar-refractivity contribution in [3.05, 3.63) is 72.1 Å². The lowest BCUT2D eigenvalue weighted by Gasteiger charge is -2.35. The van der Waals surface area contributed by atoms with Gasteiger partial charge in [0.2, 0.25) is 0 Å². The van der Waals surface area contributed by atoms with E-state index in [2.05, 4.69) is 20.2 Å². The van der Waals surface area contributed by atoms with Gasteiger partial charge in [0.25, 0.3) is 0 Å². The summed E-state index contributed by atoms with van der Waals surface area (Å²) in [5.74, 6) is 1.42. The van der Waals surface area contributed by atoms with E-state index in [9.17, 15) is 4.39 Å². The summed E-state index contributed by atoms with van der Waals surface area (Å²) in [5.41, 5.74) is 0.604. The van der Waals surface area contributed by atoms with Gasteiger partial charge in [-0.1, -0.05) is 18.2 Å². The van der Waals surface area contributed by atoms with Crippen molar-refractivity contribution in [3.8, 4) is 0 Å². The van der Waals surface area contributed by atoms with Crippen LogP contribution in [0.1, 0.15) is 11.3 Å². The van der Waals surface area contributed by atoms with Crippen LogP contribution in [0.15, 0.2) is 59.3 Å². The van der Waals surface area contributed by atoms with E-state index in [0.29, 0.717) is 23.0 Å². The van der Waals surface area contributed by atoms with Crippen molar-refractivity contribution in [1.29, 1.82) is 0 Å². The van der Waals surface area contributed by atoms with Crippen molar-refractivity contribution in [2.24, 2.45) is 0 Å². The molecular formula is C20H22FN5OS. The number of anilines is 1. The first-order valence-corrected chi connectivity index (χ1v) is 9.66. The number of piperazine rings is 1. The lowest BCUT2D eigenvalue weighted by Crippen LogP contribution is -2.49. The molecule has 28 heavy (non-hydrogen) atoms. The van der Waals surface area contributed by atoms with Gasteiger partial charge in [-0.15, -0.1) is 0 Å². The summed E-state index contributed by atoms with van der Waals surface area (Å²) in [6.45, 7) is 4.74. The second-order valence-electron chi connectivity index (χ2n) is 6.76. The lowest BCUT2D eigenvalue weighted by atomic mass is 10.2. The van der Waals surface area contributed by atoms with E-state index in [1.165, 1.54) is 6.07 Å². The van der Waals surface area contributed by atoms with Crippen molar-refractivity contribution < 1.29 is 8.81 Å². The summed E-state index contributed by atoms with van der Waals surface area (Å²) in [6, 6.07) is 12.5. The van der Waals surface area contributed by atoms with Crippen molar-refractivity contribution >= 4 is 23.1 Å². The van der Waals surface area contributed by atoms with Crippen LogP contribution in [-0.4, -0.2) is 50.9 Å². The number of rotatable bonds is 5. The zero-order chi connectivity index (χ0) is 19.3. The predicted octanol–water partition coefficient (Wildman–Crippen LogP) is 3.18. The summed E-state index contributed by atoms with van der Waals surface area (Å²) in [4.78, 5) is 4.49. The highest BCUT2D eigenvalue weighted by Gasteiger charge is 2.20. The fraction of sp³-hybridized carbons (Fsp3) is 0.300. The molecule has 3 aromatic rings. The van der Waals surface area contributed by atoms with Gasteiger partial charge in [-0.05, 0) is 30.4 Å². The Hall–Kier alpha value is -2.71.